The Bertz CT molecular complexity index is 976. The van der Waals surface area contributed by atoms with Crippen molar-refractivity contribution < 1.29 is 13.2 Å². The number of sulfone groups is 1. The molecule has 0 saturated carbocycles. The van der Waals surface area contributed by atoms with Crippen LogP contribution >= 0.6 is 0 Å². The van der Waals surface area contributed by atoms with E-state index in [1.54, 1.807) is 11.0 Å². The lowest BCUT2D eigenvalue weighted by molar-refractivity contribution is 0.0984. The standard InChI is InChI=1S/C19H22N4O3S/c1-2-22(15-8-10-27(25,26)12-15)18-11-16(20-13-21-18)19(24)23-9-7-14-5-3-4-6-17(14)23/h3-6,11,13,15H,2,7-10,12H2,1H3. The monoisotopic (exact) mass is 386 g/mol. The third kappa shape index (κ3) is 3.41. The SMILES string of the molecule is CCN(c1cc(C(=O)N2CCc3ccccc32)ncn1)C1CCS(=O)(=O)C1. The molecule has 0 radical (unpaired) electrons. The lowest BCUT2D eigenvalue weighted by Gasteiger charge is -2.28. The first-order valence-corrected chi connectivity index (χ1v) is 11.0. The lowest BCUT2D eigenvalue weighted by Crippen LogP contribution is -2.37. The van der Waals surface area contributed by atoms with Crippen molar-refractivity contribution >= 4 is 27.2 Å². The molecular weight excluding hydrogens is 364 g/mol. The van der Waals surface area contributed by atoms with Gasteiger partial charge in [-0.1, -0.05) is 18.2 Å². The third-order valence-electron chi connectivity index (χ3n) is 5.29. The molecule has 2 aliphatic heterocycles. The van der Waals surface area contributed by atoms with E-state index in [2.05, 4.69) is 9.97 Å². The van der Waals surface area contributed by atoms with Crippen molar-refractivity contribution in [3.05, 3.63) is 47.9 Å². The van der Waals surface area contributed by atoms with Crippen molar-refractivity contribution in [2.45, 2.75) is 25.8 Å². The molecule has 2 aliphatic rings. The van der Waals surface area contributed by atoms with E-state index in [-0.39, 0.29) is 23.5 Å². The minimum Gasteiger partial charge on any atom is -0.353 e. The molecule has 1 amide bonds. The first-order chi connectivity index (χ1) is 13.0. The average Bonchev–Trinajstić information content (AvgIpc) is 3.25. The van der Waals surface area contributed by atoms with E-state index in [9.17, 15) is 13.2 Å². The van der Waals surface area contributed by atoms with Crippen LogP contribution in [0.3, 0.4) is 0 Å². The van der Waals surface area contributed by atoms with Gasteiger partial charge in [0, 0.05) is 30.9 Å². The maximum atomic E-state index is 13.0. The van der Waals surface area contributed by atoms with Crippen LogP contribution in [-0.4, -0.2) is 54.9 Å². The third-order valence-corrected chi connectivity index (χ3v) is 7.04. The quantitative estimate of drug-likeness (QED) is 0.795. The Morgan fingerprint density at radius 3 is 2.85 bits per heavy atom. The fraction of sp³-hybridized carbons (Fsp3) is 0.421. The summed E-state index contributed by atoms with van der Waals surface area (Å²) in [4.78, 5) is 25.2. The first kappa shape index (κ1) is 17.9. The van der Waals surface area contributed by atoms with Gasteiger partial charge in [0.2, 0.25) is 0 Å². The van der Waals surface area contributed by atoms with Gasteiger partial charge in [-0.25, -0.2) is 18.4 Å². The number of rotatable bonds is 4. The fourth-order valence-corrected chi connectivity index (χ4v) is 5.67. The largest absolute Gasteiger partial charge is 0.353 e. The second-order valence-corrected chi connectivity index (χ2v) is 9.17. The van der Waals surface area contributed by atoms with E-state index < -0.39 is 9.84 Å². The second-order valence-electron chi connectivity index (χ2n) is 6.94. The Balaban J connectivity index is 1.60. The second kappa shape index (κ2) is 6.92. The molecule has 3 heterocycles. The number of benzene rings is 1. The van der Waals surface area contributed by atoms with Crippen LogP contribution in [0.2, 0.25) is 0 Å². The lowest BCUT2D eigenvalue weighted by atomic mass is 10.2. The van der Waals surface area contributed by atoms with Crippen molar-refractivity contribution in [2.24, 2.45) is 0 Å². The van der Waals surface area contributed by atoms with Crippen LogP contribution in [0.5, 0.6) is 0 Å². The Kier molecular flexibility index (Phi) is 4.59. The number of carbonyl (C=O) groups excluding carboxylic acids is 1. The first-order valence-electron chi connectivity index (χ1n) is 9.17. The number of nitrogens with zero attached hydrogens (tertiary/aromatic N) is 4. The van der Waals surface area contributed by atoms with E-state index in [1.807, 2.05) is 36.1 Å². The molecule has 1 saturated heterocycles. The van der Waals surface area contributed by atoms with Gasteiger partial charge >= 0.3 is 0 Å². The van der Waals surface area contributed by atoms with Gasteiger partial charge in [-0.15, -0.1) is 0 Å². The van der Waals surface area contributed by atoms with Crippen LogP contribution in [-0.2, 0) is 16.3 Å². The van der Waals surface area contributed by atoms with Gasteiger partial charge in [0.05, 0.1) is 11.5 Å². The van der Waals surface area contributed by atoms with E-state index in [4.69, 9.17) is 0 Å². The van der Waals surface area contributed by atoms with Crippen molar-refractivity contribution in [3.8, 4) is 0 Å². The predicted octanol–water partition coefficient (Wildman–Crippen LogP) is 1.69. The molecule has 0 spiro atoms. The van der Waals surface area contributed by atoms with Crippen molar-refractivity contribution in [2.75, 3.05) is 34.4 Å². The van der Waals surface area contributed by atoms with Gasteiger partial charge in [-0.05, 0) is 31.4 Å². The van der Waals surface area contributed by atoms with Crippen LogP contribution < -0.4 is 9.80 Å². The molecule has 1 aromatic heterocycles. The Morgan fingerprint density at radius 1 is 1.30 bits per heavy atom. The summed E-state index contributed by atoms with van der Waals surface area (Å²) in [5.41, 5.74) is 2.42. The topological polar surface area (TPSA) is 83.5 Å². The van der Waals surface area contributed by atoms with E-state index in [1.165, 1.54) is 6.33 Å². The summed E-state index contributed by atoms with van der Waals surface area (Å²) in [5.74, 6) is 0.785. The molecular formula is C19H22N4O3S. The Morgan fingerprint density at radius 2 is 2.11 bits per heavy atom. The van der Waals surface area contributed by atoms with E-state index in [0.717, 1.165) is 17.7 Å². The van der Waals surface area contributed by atoms with Gasteiger partial charge in [0.1, 0.15) is 17.8 Å². The minimum atomic E-state index is -2.99. The van der Waals surface area contributed by atoms with Crippen LogP contribution in [0.4, 0.5) is 11.5 Å². The Labute approximate surface area is 159 Å². The smallest absolute Gasteiger partial charge is 0.277 e. The fourth-order valence-electron chi connectivity index (χ4n) is 3.94. The molecule has 27 heavy (non-hydrogen) atoms. The highest BCUT2D eigenvalue weighted by Crippen LogP contribution is 2.29. The maximum absolute atomic E-state index is 13.0. The highest BCUT2D eigenvalue weighted by Gasteiger charge is 2.33. The number of fused-ring (bicyclic) bond motifs is 1. The molecule has 1 aromatic carbocycles. The summed E-state index contributed by atoms with van der Waals surface area (Å²) in [6.45, 7) is 3.22. The van der Waals surface area contributed by atoms with Gasteiger partial charge in [-0.2, -0.15) is 0 Å². The number of hydrogen-bond acceptors (Lipinski definition) is 6. The average molecular weight is 386 g/mol. The molecule has 0 aliphatic carbocycles. The molecule has 142 valence electrons. The summed E-state index contributed by atoms with van der Waals surface area (Å²) in [7, 11) is -2.99. The summed E-state index contributed by atoms with van der Waals surface area (Å²) >= 11 is 0. The summed E-state index contributed by atoms with van der Waals surface area (Å²) in [5, 5.41) is 0. The highest BCUT2D eigenvalue weighted by atomic mass is 32.2. The summed E-state index contributed by atoms with van der Waals surface area (Å²) in [6, 6.07) is 9.46. The maximum Gasteiger partial charge on any atom is 0.277 e. The number of carbonyl (C=O) groups is 1. The van der Waals surface area contributed by atoms with Crippen molar-refractivity contribution in [1.82, 2.24) is 9.97 Å². The summed E-state index contributed by atoms with van der Waals surface area (Å²) in [6.07, 6.45) is 2.81. The zero-order chi connectivity index (χ0) is 19.0. The summed E-state index contributed by atoms with van der Waals surface area (Å²) < 4.78 is 23.7. The number of para-hydroxylation sites is 1. The number of anilines is 2. The van der Waals surface area contributed by atoms with Crippen LogP contribution in [0, 0.1) is 0 Å². The van der Waals surface area contributed by atoms with E-state index in [0.29, 0.717) is 31.0 Å². The molecule has 0 bridgehead atoms. The molecule has 1 atom stereocenters. The predicted molar refractivity (Wildman–Crippen MR) is 104 cm³/mol. The highest BCUT2D eigenvalue weighted by molar-refractivity contribution is 7.91. The van der Waals surface area contributed by atoms with Gasteiger partial charge in [0.15, 0.2) is 9.84 Å². The van der Waals surface area contributed by atoms with E-state index >= 15 is 0 Å². The molecule has 2 aromatic rings. The van der Waals surface area contributed by atoms with Crippen LogP contribution in [0.15, 0.2) is 36.7 Å². The van der Waals surface area contributed by atoms with Crippen LogP contribution in [0.1, 0.15) is 29.4 Å². The number of aromatic nitrogens is 2. The van der Waals surface area contributed by atoms with Crippen molar-refractivity contribution in [3.63, 3.8) is 0 Å². The molecule has 7 nitrogen and oxygen atoms in total. The zero-order valence-electron chi connectivity index (χ0n) is 15.2. The molecule has 8 heteroatoms. The number of amides is 1. The minimum absolute atomic E-state index is 0.106. The molecule has 1 fully saturated rings. The molecule has 1 unspecified atom stereocenters. The molecule has 0 N–H and O–H groups in total. The van der Waals surface area contributed by atoms with Crippen LogP contribution in [0.25, 0.3) is 0 Å². The normalized spacial score (nSPS) is 20.5. The van der Waals surface area contributed by atoms with Gasteiger partial charge in [-0.3, -0.25) is 4.79 Å². The Hall–Kier alpha value is -2.48. The van der Waals surface area contributed by atoms with Gasteiger partial charge < -0.3 is 9.80 Å². The van der Waals surface area contributed by atoms with Crippen molar-refractivity contribution in [1.29, 1.82) is 0 Å². The molecule has 4 rings (SSSR count). The van der Waals surface area contributed by atoms with Gasteiger partial charge in [0.25, 0.3) is 5.91 Å². The number of hydrogen-bond donors (Lipinski definition) is 0. The zero-order valence-corrected chi connectivity index (χ0v) is 16.0.